The molecule has 0 nitrogen and oxygen atoms in total. The van der Waals surface area contributed by atoms with E-state index in [1.54, 1.807) is 0 Å². The lowest BCUT2D eigenvalue weighted by molar-refractivity contribution is 0.535. The summed E-state index contributed by atoms with van der Waals surface area (Å²) < 4.78 is 29.3. The second-order valence-electron chi connectivity index (χ2n) is 0.214. The van der Waals surface area contributed by atoms with Gasteiger partial charge in [-0.25, -0.2) is 0 Å². The maximum absolute atomic E-state index is 9.77. The molecule has 0 heterocycles. The minimum atomic E-state index is -4.38. The first kappa shape index (κ1) is 4.01. The van der Waals surface area contributed by atoms with E-state index < -0.39 is 9.80 Å². The first-order chi connectivity index (χ1) is 1.73. The van der Waals surface area contributed by atoms with Crippen molar-refractivity contribution in [1.82, 2.24) is 0 Å². The van der Waals surface area contributed by atoms with Crippen LogP contribution in [0.5, 0.6) is 0 Å². The van der Waals surface area contributed by atoms with Crippen molar-refractivity contribution >= 4 is 9.80 Å². The summed E-state index contributed by atoms with van der Waals surface area (Å²) in [6.45, 7) is 0. The van der Waals surface area contributed by atoms with Gasteiger partial charge in [-0.1, -0.05) is 0 Å². The second-order valence-corrected chi connectivity index (χ2v) is 0.643. The van der Waals surface area contributed by atoms with Gasteiger partial charge in [0.05, 0.1) is 0 Å². The summed E-state index contributed by atoms with van der Waals surface area (Å²) in [6, 6.07) is 0. The maximum Gasteiger partial charge on any atom is 0.330 e. The van der Waals surface area contributed by atoms with Crippen molar-refractivity contribution < 1.29 is 12.3 Å². The molecule has 0 fully saturated rings. The fourth-order valence-corrected chi connectivity index (χ4v) is 0. The van der Waals surface area contributed by atoms with Crippen LogP contribution in [0.25, 0.3) is 0 Å². The Bertz CT molecular complexity index is 8.00. The lowest BCUT2D eigenvalue weighted by atomic mass is 18.7. The van der Waals surface area contributed by atoms with Gasteiger partial charge < -0.3 is 12.3 Å². The van der Waals surface area contributed by atoms with Crippen LogP contribution in [-0.4, -0.2) is 9.80 Å². The highest BCUT2D eigenvalue weighted by atomic mass is 28.4. The van der Waals surface area contributed by atoms with Crippen LogP contribution in [0.3, 0.4) is 0 Å². The SMILES string of the molecule is F[Si-](F)F. The Morgan fingerprint density at radius 2 is 1.00 bits per heavy atom. The molecule has 0 aliphatic rings. The Hall–Kier alpha value is 0.00688. The van der Waals surface area contributed by atoms with Gasteiger partial charge in [-0.2, -0.15) is 0 Å². The smallest absolute Gasteiger partial charge is 0.330 e. The molecule has 0 bridgehead atoms. The fourth-order valence-electron chi connectivity index (χ4n) is 0. The molecule has 0 aliphatic heterocycles. The van der Waals surface area contributed by atoms with E-state index in [-0.39, 0.29) is 0 Å². The zero-order valence-electron chi connectivity index (χ0n) is 1.63. The molecule has 0 amide bonds. The van der Waals surface area contributed by atoms with E-state index in [2.05, 4.69) is 0 Å². The van der Waals surface area contributed by atoms with Crippen molar-refractivity contribution in [3.63, 3.8) is 0 Å². The first-order valence-electron chi connectivity index (χ1n) is 0.567. The second kappa shape index (κ2) is 1.34. The molecule has 0 unspecified atom stereocenters. The standard InChI is InChI=1S/F3Si/c1-4(2)3/q-1. The Morgan fingerprint density at radius 1 is 1.00 bits per heavy atom. The summed E-state index contributed by atoms with van der Waals surface area (Å²) in [5, 5.41) is 0. The average Bonchev–Trinajstić information content (AvgIpc) is 0.811. The molecule has 0 aromatic heterocycles. The predicted molar refractivity (Wildman–Crippen MR) is 9.08 cm³/mol. The van der Waals surface area contributed by atoms with Crippen molar-refractivity contribution in [2.75, 3.05) is 0 Å². The summed E-state index contributed by atoms with van der Waals surface area (Å²) in [7, 11) is -4.38. The van der Waals surface area contributed by atoms with Gasteiger partial charge in [0.15, 0.2) is 0 Å². The summed E-state index contributed by atoms with van der Waals surface area (Å²) in [6.07, 6.45) is 0. The molecule has 0 N–H and O–H groups in total. The molecule has 4 heteroatoms. The van der Waals surface area contributed by atoms with E-state index in [9.17, 15) is 12.3 Å². The third-order valence-electron chi connectivity index (χ3n) is 0. The molecule has 0 radical (unpaired) electrons. The van der Waals surface area contributed by atoms with Crippen LogP contribution in [0.1, 0.15) is 0 Å². The van der Waals surface area contributed by atoms with E-state index in [1.165, 1.54) is 0 Å². The van der Waals surface area contributed by atoms with Crippen LogP contribution in [0.2, 0.25) is 0 Å². The molecule has 0 spiro atoms. The third-order valence-corrected chi connectivity index (χ3v) is 0. The Balaban J connectivity index is 2.32. The quantitative estimate of drug-likeness (QED) is 0.302. The average molecular weight is 85.1 g/mol. The highest BCUT2D eigenvalue weighted by Gasteiger charge is 1.72. The summed E-state index contributed by atoms with van der Waals surface area (Å²) in [5.41, 5.74) is 0. The normalized spacial score (nSPS) is 9.00. The van der Waals surface area contributed by atoms with Gasteiger partial charge in [0.25, 0.3) is 0 Å². The molecular weight excluding hydrogens is 85.1 g/mol. The van der Waals surface area contributed by atoms with Crippen LogP contribution in [0, 0.1) is 0 Å². The maximum atomic E-state index is 9.77. The first-order valence-corrected chi connectivity index (χ1v) is 1.70. The Kier molecular flexibility index (Phi) is 1.34. The monoisotopic (exact) mass is 85.0 g/mol. The van der Waals surface area contributed by atoms with Gasteiger partial charge in [0.1, 0.15) is 0 Å². The molecule has 4 heavy (non-hydrogen) atoms. The molecule has 0 aliphatic carbocycles. The van der Waals surface area contributed by atoms with E-state index in [0.29, 0.717) is 0 Å². The van der Waals surface area contributed by atoms with Crippen molar-refractivity contribution in [2.24, 2.45) is 0 Å². The molecule has 0 saturated carbocycles. The zero-order valence-corrected chi connectivity index (χ0v) is 2.63. The van der Waals surface area contributed by atoms with Gasteiger partial charge >= 0.3 is 9.80 Å². The molecule has 0 aromatic rings. The number of rotatable bonds is 0. The third kappa shape index (κ3) is 42900. The molecule has 0 rings (SSSR count). The minimum Gasteiger partial charge on any atom is -0.443 e. The lowest BCUT2D eigenvalue weighted by Gasteiger charge is -1.83. The molecule has 0 saturated heterocycles. The number of halogens is 3. The van der Waals surface area contributed by atoms with E-state index in [1.807, 2.05) is 0 Å². The van der Waals surface area contributed by atoms with Crippen LogP contribution in [-0.2, 0) is 0 Å². The van der Waals surface area contributed by atoms with Crippen molar-refractivity contribution in [1.29, 1.82) is 0 Å². The largest absolute Gasteiger partial charge is 0.443 e. The number of hydrogen-bond acceptors (Lipinski definition) is 0. The van der Waals surface area contributed by atoms with E-state index in [0.717, 1.165) is 0 Å². The minimum absolute atomic E-state index is 4.38. The topological polar surface area (TPSA) is 0 Å². The molecule has 0 atom stereocenters. The van der Waals surface area contributed by atoms with Gasteiger partial charge in [-0.15, -0.1) is 0 Å². The molecule has 0 aromatic carbocycles. The van der Waals surface area contributed by atoms with Crippen LogP contribution >= 0.6 is 0 Å². The molecular formula is F3Si-. The van der Waals surface area contributed by atoms with Gasteiger partial charge in [-0.3, -0.25) is 0 Å². The zero-order chi connectivity index (χ0) is 3.58. The highest BCUT2D eigenvalue weighted by Crippen LogP contribution is 1.80. The van der Waals surface area contributed by atoms with Gasteiger partial charge in [0.2, 0.25) is 0 Å². The lowest BCUT2D eigenvalue weighted by Crippen LogP contribution is -1.76. The Morgan fingerprint density at radius 3 is 1.00 bits per heavy atom. The Labute approximate surface area is 23.4 Å². The summed E-state index contributed by atoms with van der Waals surface area (Å²) >= 11 is 0. The van der Waals surface area contributed by atoms with Gasteiger partial charge in [0, 0.05) is 0 Å². The van der Waals surface area contributed by atoms with Crippen molar-refractivity contribution in [2.45, 2.75) is 0 Å². The van der Waals surface area contributed by atoms with E-state index in [4.69, 9.17) is 0 Å². The van der Waals surface area contributed by atoms with E-state index >= 15 is 0 Å². The fraction of sp³-hybridized carbons (Fsp3) is 0. The van der Waals surface area contributed by atoms with Crippen LogP contribution in [0.4, 0.5) is 12.3 Å². The predicted octanol–water partition coefficient (Wildman–Crippen LogP) is 0.880. The van der Waals surface area contributed by atoms with Crippen LogP contribution < -0.4 is 0 Å². The highest BCUT2D eigenvalue weighted by molar-refractivity contribution is 6.33. The number of hydrogen-bond donors (Lipinski definition) is 0. The molecule has 26 valence electrons. The van der Waals surface area contributed by atoms with Crippen molar-refractivity contribution in [3.8, 4) is 0 Å². The van der Waals surface area contributed by atoms with Gasteiger partial charge in [-0.05, 0) is 0 Å². The summed E-state index contributed by atoms with van der Waals surface area (Å²) in [4.78, 5) is 0. The van der Waals surface area contributed by atoms with Crippen molar-refractivity contribution in [3.05, 3.63) is 0 Å². The van der Waals surface area contributed by atoms with Crippen LogP contribution in [0.15, 0.2) is 0 Å². The summed E-state index contributed by atoms with van der Waals surface area (Å²) in [5.74, 6) is 0.